The molecule has 0 unspecified atom stereocenters. The van der Waals surface area contributed by atoms with Crippen molar-refractivity contribution < 1.29 is 14.3 Å². The normalized spacial score (nSPS) is 11.4. The van der Waals surface area contributed by atoms with Crippen LogP contribution in [0, 0.1) is 5.92 Å². The second-order valence-electron chi connectivity index (χ2n) is 5.96. The highest BCUT2D eigenvalue weighted by Gasteiger charge is 2.11. The molecular weight excluding hydrogens is 338 g/mol. The Morgan fingerprint density at radius 2 is 1.88 bits per heavy atom. The zero-order valence-corrected chi connectivity index (χ0v) is 16.3. The number of hydrogen-bond donors (Lipinski definition) is 3. The van der Waals surface area contributed by atoms with Crippen molar-refractivity contribution in [1.82, 2.24) is 16.2 Å². The molecule has 1 rings (SSSR count). The highest BCUT2D eigenvalue weighted by Crippen LogP contribution is 2.27. The fourth-order valence-corrected chi connectivity index (χ4v) is 2.45. The van der Waals surface area contributed by atoms with Gasteiger partial charge in [0, 0.05) is 12.1 Å². The van der Waals surface area contributed by atoms with Crippen LogP contribution in [0.3, 0.4) is 0 Å². The number of carbonyl (C=O) groups is 1. The summed E-state index contributed by atoms with van der Waals surface area (Å²) in [6.45, 7) is 5.16. The first-order valence-electron chi connectivity index (χ1n) is 8.58. The van der Waals surface area contributed by atoms with E-state index in [4.69, 9.17) is 21.7 Å². The lowest BCUT2D eigenvalue weighted by atomic mass is 10.0. The molecule has 3 N–H and O–H groups in total. The Morgan fingerprint density at radius 1 is 1.16 bits per heavy atom. The van der Waals surface area contributed by atoms with Gasteiger partial charge < -0.3 is 14.8 Å². The SMILES string of the molecule is CCCCC[C@@H](C)CNC(=S)NNC(=O)c1ccc(OC)c(OC)c1. The van der Waals surface area contributed by atoms with Gasteiger partial charge in [0.2, 0.25) is 0 Å². The standard InChI is InChI=1S/C18H29N3O3S/c1-5-6-7-8-13(2)12-19-18(25)21-20-17(22)14-9-10-15(23-3)16(11-14)24-4/h9-11,13H,5-8,12H2,1-4H3,(H,20,22)(H2,19,21,25)/t13-/m1/s1. The Labute approximate surface area is 155 Å². The molecule has 0 radical (unpaired) electrons. The van der Waals surface area contributed by atoms with E-state index in [0.717, 1.165) is 6.54 Å². The number of thiocarbonyl (C=S) groups is 1. The largest absolute Gasteiger partial charge is 0.493 e. The second kappa shape index (κ2) is 11.5. The van der Waals surface area contributed by atoms with Crippen molar-refractivity contribution in [2.75, 3.05) is 20.8 Å². The van der Waals surface area contributed by atoms with Gasteiger partial charge in [0.05, 0.1) is 14.2 Å². The molecular formula is C18H29N3O3S. The van der Waals surface area contributed by atoms with Crippen LogP contribution >= 0.6 is 12.2 Å². The number of nitrogens with one attached hydrogen (secondary N) is 3. The summed E-state index contributed by atoms with van der Waals surface area (Å²) in [4.78, 5) is 12.2. The summed E-state index contributed by atoms with van der Waals surface area (Å²) in [5, 5.41) is 3.52. The number of amides is 1. The van der Waals surface area contributed by atoms with Crippen LogP contribution in [0.5, 0.6) is 11.5 Å². The maximum absolute atomic E-state index is 12.2. The summed E-state index contributed by atoms with van der Waals surface area (Å²) < 4.78 is 10.3. The molecule has 7 heteroatoms. The molecule has 1 atom stereocenters. The lowest BCUT2D eigenvalue weighted by Crippen LogP contribution is -2.47. The predicted molar refractivity (Wildman–Crippen MR) is 104 cm³/mol. The number of methoxy groups -OCH3 is 2. The summed E-state index contributed by atoms with van der Waals surface area (Å²) in [6.07, 6.45) is 4.88. The first kappa shape index (κ1) is 21.0. The van der Waals surface area contributed by atoms with Gasteiger partial charge in [-0.3, -0.25) is 15.6 Å². The number of benzene rings is 1. The Balaban J connectivity index is 2.39. The minimum Gasteiger partial charge on any atom is -0.493 e. The smallest absolute Gasteiger partial charge is 0.269 e. The van der Waals surface area contributed by atoms with Crippen molar-refractivity contribution >= 4 is 23.2 Å². The van der Waals surface area contributed by atoms with E-state index in [-0.39, 0.29) is 5.91 Å². The lowest BCUT2D eigenvalue weighted by Gasteiger charge is -2.16. The summed E-state index contributed by atoms with van der Waals surface area (Å²) >= 11 is 5.18. The van der Waals surface area contributed by atoms with Crippen LogP contribution in [-0.2, 0) is 0 Å². The van der Waals surface area contributed by atoms with Gasteiger partial charge in [-0.15, -0.1) is 0 Å². The Bertz CT molecular complexity index is 566. The zero-order valence-electron chi connectivity index (χ0n) is 15.5. The highest BCUT2D eigenvalue weighted by atomic mass is 32.1. The maximum Gasteiger partial charge on any atom is 0.269 e. The molecule has 0 spiro atoms. The lowest BCUT2D eigenvalue weighted by molar-refractivity contribution is 0.0943. The van der Waals surface area contributed by atoms with Crippen LogP contribution in [-0.4, -0.2) is 31.8 Å². The van der Waals surface area contributed by atoms with Gasteiger partial charge in [0.25, 0.3) is 5.91 Å². The van der Waals surface area contributed by atoms with Crippen LogP contribution in [0.2, 0.25) is 0 Å². The zero-order chi connectivity index (χ0) is 18.7. The van der Waals surface area contributed by atoms with Crippen LogP contribution in [0.25, 0.3) is 0 Å². The fourth-order valence-electron chi connectivity index (χ4n) is 2.32. The van der Waals surface area contributed by atoms with E-state index < -0.39 is 0 Å². The molecule has 0 heterocycles. The first-order chi connectivity index (χ1) is 12.0. The molecule has 1 amide bonds. The summed E-state index contributed by atoms with van der Waals surface area (Å²) in [5.41, 5.74) is 5.74. The highest BCUT2D eigenvalue weighted by molar-refractivity contribution is 7.80. The van der Waals surface area contributed by atoms with Crippen molar-refractivity contribution in [1.29, 1.82) is 0 Å². The number of hydrogen-bond acceptors (Lipinski definition) is 4. The van der Waals surface area contributed by atoms with Gasteiger partial charge in [0.15, 0.2) is 16.6 Å². The van der Waals surface area contributed by atoms with E-state index in [0.29, 0.717) is 28.1 Å². The summed E-state index contributed by atoms with van der Waals surface area (Å²) in [6, 6.07) is 4.95. The average Bonchev–Trinajstić information content (AvgIpc) is 2.63. The topological polar surface area (TPSA) is 71.6 Å². The Morgan fingerprint density at radius 3 is 2.52 bits per heavy atom. The van der Waals surface area contributed by atoms with Crippen molar-refractivity contribution in [3.8, 4) is 11.5 Å². The summed E-state index contributed by atoms with van der Waals surface area (Å²) in [7, 11) is 3.07. The molecule has 0 aliphatic heterocycles. The summed E-state index contributed by atoms with van der Waals surface area (Å²) in [5.74, 6) is 1.30. The van der Waals surface area contributed by atoms with Gasteiger partial charge in [-0.1, -0.05) is 33.1 Å². The molecule has 0 aromatic heterocycles. The number of ether oxygens (including phenoxy) is 2. The molecule has 0 saturated carbocycles. The van der Waals surface area contributed by atoms with Crippen LogP contribution in [0.1, 0.15) is 49.9 Å². The molecule has 0 aliphatic carbocycles. The van der Waals surface area contributed by atoms with E-state index in [9.17, 15) is 4.79 Å². The van der Waals surface area contributed by atoms with Gasteiger partial charge in [-0.05, 0) is 42.8 Å². The Kier molecular flexibility index (Phi) is 9.69. The third-order valence-corrected chi connectivity index (χ3v) is 4.09. The quantitative estimate of drug-likeness (QED) is 0.354. The molecule has 6 nitrogen and oxygen atoms in total. The number of carbonyl (C=O) groups excluding carboxylic acids is 1. The van der Waals surface area contributed by atoms with Crippen molar-refractivity contribution in [3.05, 3.63) is 23.8 Å². The van der Waals surface area contributed by atoms with E-state index in [1.54, 1.807) is 25.3 Å². The number of rotatable bonds is 9. The number of unbranched alkanes of at least 4 members (excludes halogenated alkanes) is 2. The molecule has 0 saturated heterocycles. The minimum absolute atomic E-state index is 0.305. The van der Waals surface area contributed by atoms with E-state index in [1.165, 1.54) is 32.8 Å². The van der Waals surface area contributed by atoms with E-state index >= 15 is 0 Å². The molecule has 0 aliphatic rings. The molecule has 1 aromatic carbocycles. The third kappa shape index (κ3) is 7.60. The van der Waals surface area contributed by atoms with Crippen molar-refractivity contribution in [3.63, 3.8) is 0 Å². The average molecular weight is 368 g/mol. The van der Waals surface area contributed by atoms with Gasteiger partial charge in [-0.2, -0.15) is 0 Å². The molecule has 0 fully saturated rings. The van der Waals surface area contributed by atoms with Crippen LogP contribution in [0.4, 0.5) is 0 Å². The molecule has 1 aromatic rings. The monoisotopic (exact) mass is 367 g/mol. The van der Waals surface area contributed by atoms with Crippen LogP contribution in [0.15, 0.2) is 18.2 Å². The maximum atomic E-state index is 12.2. The van der Waals surface area contributed by atoms with Gasteiger partial charge in [0.1, 0.15) is 0 Å². The Hall–Kier alpha value is -2.02. The van der Waals surface area contributed by atoms with Crippen molar-refractivity contribution in [2.24, 2.45) is 5.92 Å². The van der Waals surface area contributed by atoms with Gasteiger partial charge >= 0.3 is 0 Å². The minimum atomic E-state index is -0.305. The molecule has 25 heavy (non-hydrogen) atoms. The van der Waals surface area contributed by atoms with Gasteiger partial charge in [-0.25, -0.2) is 0 Å². The molecule has 140 valence electrons. The third-order valence-electron chi connectivity index (χ3n) is 3.85. The molecule has 0 bridgehead atoms. The first-order valence-corrected chi connectivity index (χ1v) is 8.98. The van der Waals surface area contributed by atoms with Crippen molar-refractivity contribution in [2.45, 2.75) is 39.5 Å². The number of hydrazine groups is 1. The fraction of sp³-hybridized carbons (Fsp3) is 0.556. The van der Waals surface area contributed by atoms with Crippen LogP contribution < -0.4 is 25.6 Å². The second-order valence-corrected chi connectivity index (χ2v) is 6.37. The van der Waals surface area contributed by atoms with E-state index in [1.807, 2.05) is 0 Å². The predicted octanol–water partition coefficient (Wildman–Crippen LogP) is 3.03. The van der Waals surface area contributed by atoms with E-state index in [2.05, 4.69) is 30.0 Å².